The number of hydrogen-bond donors (Lipinski definition) is 1. The molecule has 0 atom stereocenters. The van der Waals surface area contributed by atoms with E-state index in [2.05, 4.69) is 42.9 Å². The molecule has 0 saturated heterocycles. The van der Waals surface area contributed by atoms with Crippen molar-refractivity contribution in [2.24, 2.45) is 0 Å². The predicted molar refractivity (Wildman–Crippen MR) is 102 cm³/mol. The number of amides is 1. The van der Waals surface area contributed by atoms with Crippen molar-refractivity contribution in [3.05, 3.63) is 46.4 Å². The summed E-state index contributed by atoms with van der Waals surface area (Å²) in [5.41, 5.74) is 3.28. The lowest BCUT2D eigenvalue weighted by Gasteiger charge is -2.30. The van der Waals surface area contributed by atoms with E-state index >= 15 is 0 Å². The molecule has 0 unspecified atom stereocenters. The van der Waals surface area contributed by atoms with E-state index in [1.54, 1.807) is 17.6 Å². The number of hydrogen-bond acceptors (Lipinski definition) is 5. The number of nitrogens with zero attached hydrogens (tertiary/aromatic N) is 2. The molecule has 25 heavy (non-hydrogen) atoms. The van der Waals surface area contributed by atoms with Gasteiger partial charge in [-0.2, -0.15) is 0 Å². The van der Waals surface area contributed by atoms with E-state index in [9.17, 15) is 4.79 Å². The molecular formula is C19H27N3O2S. The van der Waals surface area contributed by atoms with Crippen LogP contribution in [0.5, 0.6) is 5.75 Å². The molecule has 0 aliphatic rings. The summed E-state index contributed by atoms with van der Waals surface area (Å²) in [6.07, 6.45) is 0. The molecule has 0 aliphatic heterocycles. The van der Waals surface area contributed by atoms with Gasteiger partial charge in [0.05, 0.1) is 11.2 Å². The van der Waals surface area contributed by atoms with Gasteiger partial charge in [-0.1, -0.05) is 6.07 Å². The van der Waals surface area contributed by atoms with Gasteiger partial charge in [0.15, 0.2) is 0 Å². The minimum atomic E-state index is -0.0772. The summed E-state index contributed by atoms with van der Waals surface area (Å²) in [6, 6.07) is 8.17. The second-order valence-electron chi connectivity index (χ2n) is 6.48. The fraction of sp³-hybridized carbons (Fsp3) is 0.474. The standard InChI is InChI=1S/C19H27N3O2S/c1-14(2)22(15(3)4)9-8-20-19(23)16-6-5-7-18(10-16)24-11-17-12-25-13-21-17/h5-7,10,12-15H,8-9,11H2,1-4H3,(H,20,23). The molecule has 0 radical (unpaired) electrons. The number of carbonyl (C=O) groups is 1. The van der Waals surface area contributed by atoms with Crippen molar-refractivity contribution in [2.75, 3.05) is 13.1 Å². The third-order valence-corrected chi connectivity index (χ3v) is 4.58. The molecule has 1 aromatic heterocycles. The van der Waals surface area contributed by atoms with Crippen molar-refractivity contribution >= 4 is 17.2 Å². The van der Waals surface area contributed by atoms with Gasteiger partial charge in [0.25, 0.3) is 5.91 Å². The number of ether oxygens (including phenoxy) is 1. The molecule has 1 aromatic carbocycles. The molecule has 0 aliphatic carbocycles. The summed E-state index contributed by atoms with van der Waals surface area (Å²) < 4.78 is 5.70. The average Bonchev–Trinajstić information content (AvgIpc) is 3.09. The monoisotopic (exact) mass is 361 g/mol. The number of aromatic nitrogens is 1. The molecule has 2 aromatic rings. The Morgan fingerprint density at radius 2 is 2.04 bits per heavy atom. The van der Waals surface area contributed by atoms with Gasteiger partial charge in [-0.15, -0.1) is 11.3 Å². The van der Waals surface area contributed by atoms with Gasteiger partial charge >= 0.3 is 0 Å². The van der Waals surface area contributed by atoms with E-state index in [1.165, 1.54) is 11.3 Å². The van der Waals surface area contributed by atoms with Crippen LogP contribution >= 0.6 is 11.3 Å². The molecule has 2 rings (SSSR count). The van der Waals surface area contributed by atoms with Gasteiger partial charge in [-0.25, -0.2) is 4.98 Å². The minimum Gasteiger partial charge on any atom is -0.487 e. The maximum absolute atomic E-state index is 12.4. The summed E-state index contributed by atoms with van der Waals surface area (Å²) in [5, 5.41) is 4.94. The molecular weight excluding hydrogens is 334 g/mol. The Morgan fingerprint density at radius 1 is 1.28 bits per heavy atom. The number of nitrogens with one attached hydrogen (secondary N) is 1. The lowest BCUT2D eigenvalue weighted by Crippen LogP contribution is -2.42. The van der Waals surface area contributed by atoms with Crippen molar-refractivity contribution in [2.45, 2.75) is 46.4 Å². The van der Waals surface area contributed by atoms with Crippen LogP contribution in [0.15, 0.2) is 35.2 Å². The Morgan fingerprint density at radius 3 is 2.68 bits per heavy atom. The molecule has 0 bridgehead atoms. The zero-order valence-electron chi connectivity index (χ0n) is 15.4. The Bertz CT molecular complexity index is 648. The second kappa shape index (κ2) is 9.53. The van der Waals surface area contributed by atoms with E-state index in [0.717, 1.165) is 12.2 Å². The molecule has 0 spiro atoms. The topological polar surface area (TPSA) is 54.5 Å². The van der Waals surface area contributed by atoms with Crippen LogP contribution in [-0.2, 0) is 6.61 Å². The first kappa shape index (κ1) is 19.4. The number of rotatable bonds is 9. The first-order valence-corrected chi connectivity index (χ1v) is 9.55. The first-order valence-electron chi connectivity index (χ1n) is 8.61. The Labute approximate surface area is 154 Å². The maximum Gasteiger partial charge on any atom is 0.251 e. The number of carbonyl (C=O) groups excluding carboxylic acids is 1. The van der Waals surface area contributed by atoms with Crippen molar-refractivity contribution < 1.29 is 9.53 Å². The van der Waals surface area contributed by atoms with Gasteiger partial charge in [0.1, 0.15) is 12.4 Å². The summed E-state index contributed by atoms with van der Waals surface area (Å²) >= 11 is 1.54. The van der Waals surface area contributed by atoms with Gasteiger partial charge in [-0.3, -0.25) is 9.69 Å². The summed E-state index contributed by atoms with van der Waals surface area (Å²) in [6.45, 7) is 10.6. The maximum atomic E-state index is 12.4. The second-order valence-corrected chi connectivity index (χ2v) is 7.20. The number of benzene rings is 1. The lowest BCUT2D eigenvalue weighted by molar-refractivity contribution is 0.0939. The Kier molecular flexibility index (Phi) is 7.40. The molecule has 136 valence electrons. The molecule has 0 fully saturated rings. The van der Waals surface area contributed by atoms with E-state index < -0.39 is 0 Å². The van der Waals surface area contributed by atoms with Crippen LogP contribution in [0.4, 0.5) is 0 Å². The van der Waals surface area contributed by atoms with Crippen molar-refractivity contribution in [3.8, 4) is 5.75 Å². The van der Waals surface area contributed by atoms with Gasteiger partial charge in [0, 0.05) is 36.1 Å². The molecule has 1 N–H and O–H groups in total. The third kappa shape index (κ3) is 6.14. The van der Waals surface area contributed by atoms with Crippen LogP contribution in [0.3, 0.4) is 0 Å². The van der Waals surface area contributed by atoms with E-state index in [4.69, 9.17) is 4.74 Å². The smallest absolute Gasteiger partial charge is 0.251 e. The predicted octanol–water partition coefficient (Wildman–Crippen LogP) is 3.57. The van der Waals surface area contributed by atoms with Crippen LogP contribution in [-0.4, -0.2) is 41.0 Å². The van der Waals surface area contributed by atoms with Crippen molar-refractivity contribution in [1.82, 2.24) is 15.2 Å². The normalized spacial score (nSPS) is 11.3. The Hall–Kier alpha value is -1.92. The lowest BCUT2D eigenvalue weighted by atomic mass is 10.2. The number of thiazole rings is 1. The molecule has 0 saturated carbocycles. The molecule has 5 nitrogen and oxygen atoms in total. The zero-order chi connectivity index (χ0) is 18.2. The summed E-state index contributed by atoms with van der Waals surface area (Å²) in [5.74, 6) is 0.596. The molecule has 1 amide bonds. The minimum absolute atomic E-state index is 0.0772. The van der Waals surface area contributed by atoms with Gasteiger partial charge < -0.3 is 10.1 Å². The highest BCUT2D eigenvalue weighted by molar-refractivity contribution is 7.07. The SMILES string of the molecule is CC(C)N(CCNC(=O)c1cccc(OCc2cscn2)c1)C(C)C. The highest BCUT2D eigenvalue weighted by Crippen LogP contribution is 2.15. The largest absolute Gasteiger partial charge is 0.487 e. The fourth-order valence-electron chi connectivity index (χ4n) is 2.71. The Balaban J connectivity index is 1.85. The fourth-order valence-corrected chi connectivity index (χ4v) is 3.25. The van der Waals surface area contributed by atoms with E-state index in [-0.39, 0.29) is 5.91 Å². The van der Waals surface area contributed by atoms with Crippen molar-refractivity contribution in [3.63, 3.8) is 0 Å². The van der Waals surface area contributed by atoms with E-state index in [1.807, 2.05) is 17.5 Å². The third-order valence-electron chi connectivity index (χ3n) is 3.95. The van der Waals surface area contributed by atoms with Crippen LogP contribution in [0.1, 0.15) is 43.7 Å². The van der Waals surface area contributed by atoms with Crippen LogP contribution in [0.25, 0.3) is 0 Å². The van der Waals surface area contributed by atoms with Crippen molar-refractivity contribution in [1.29, 1.82) is 0 Å². The van der Waals surface area contributed by atoms with E-state index in [0.29, 0.717) is 36.5 Å². The van der Waals surface area contributed by atoms with Gasteiger partial charge in [-0.05, 0) is 45.9 Å². The first-order chi connectivity index (χ1) is 12.0. The summed E-state index contributed by atoms with van der Waals surface area (Å²) in [7, 11) is 0. The quantitative estimate of drug-likeness (QED) is 0.742. The zero-order valence-corrected chi connectivity index (χ0v) is 16.2. The average molecular weight is 362 g/mol. The van der Waals surface area contributed by atoms with Crippen LogP contribution < -0.4 is 10.1 Å². The molecule has 6 heteroatoms. The molecule has 1 heterocycles. The highest BCUT2D eigenvalue weighted by Gasteiger charge is 2.13. The summed E-state index contributed by atoms with van der Waals surface area (Å²) in [4.78, 5) is 18.9. The van der Waals surface area contributed by atoms with Crippen LogP contribution in [0.2, 0.25) is 0 Å². The van der Waals surface area contributed by atoms with Gasteiger partial charge in [0.2, 0.25) is 0 Å². The van der Waals surface area contributed by atoms with Crippen LogP contribution in [0, 0.1) is 0 Å². The highest BCUT2D eigenvalue weighted by atomic mass is 32.1.